The van der Waals surface area contributed by atoms with E-state index in [4.69, 9.17) is 0 Å². The van der Waals surface area contributed by atoms with Gasteiger partial charge in [0.05, 0.1) is 23.3 Å². The lowest BCUT2D eigenvalue weighted by Crippen LogP contribution is -2.41. The van der Waals surface area contributed by atoms with Crippen molar-refractivity contribution >= 4 is 11.0 Å². The fourth-order valence-corrected chi connectivity index (χ4v) is 4.05. The fourth-order valence-electron chi connectivity index (χ4n) is 4.05. The summed E-state index contributed by atoms with van der Waals surface area (Å²) >= 11 is 0. The van der Waals surface area contributed by atoms with Crippen molar-refractivity contribution in [2.75, 3.05) is 0 Å². The maximum atomic E-state index is 13.4. The Morgan fingerprint density at radius 3 is 2.27 bits per heavy atom. The van der Waals surface area contributed by atoms with Crippen LogP contribution in [-0.4, -0.2) is 18.9 Å². The van der Waals surface area contributed by atoms with Crippen molar-refractivity contribution in [3.63, 3.8) is 0 Å². The molecule has 0 radical (unpaired) electrons. The largest absolute Gasteiger partial charge is 0.416 e. The summed E-state index contributed by atoms with van der Waals surface area (Å²) in [5.74, 6) is 0. The Balaban J connectivity index is 1.87. The normalized spacial score (nSPS) is 11.9. The average Bonchev–Trinajstić information content (AvgIpc) is 3.13. The second kappa shape index (κ2) is 8.73. The van der Waals surface area contributed by atoms with Crippen LogP contribution in [0.4, 0.5) is 13.2 Å². The highest BCUT2D eigenvalue weighted by Crippen LogP contribution is 2.29. The zero-order valence-electron chi connectivity index (χ0n) is 18.3. The number of fused-ring (bicyclic) bond motifs is 1. The lowest BCUT2D eigenvalue weighted by molar-refractivity contribution is -0.137. The highest BCUT2D eigenvalue weighted by atomic mass is 19.4. The van der Waals surface area contributed by atoms with E-state index in [9.17, 15) is 22.8 Å². The Morgan fingerprint density at radius 2 is 1.61 bits per heavy atom. The van der Waals surface area contributed by atoms with Gasteiger partial charge >= 0.3 is 11.9 Å². The molecule has 0 saturated heterocycles. The zero-order chi connectivity index (χ0) is 23.8. The number of hydrogen-bond donors (Lipinski definition) is 0. The molecule has 0 aliphatic carbocycles. The number of aromatic nitrogens is 4. The van der Waals surface area contributed by atoms with Crippen LogP contribution in [0.3, 0.4) is 0 Å². The highest BCUT2D eigenvalue weighted by molar-refractivity contribution is 5.77. The van der Waals surface area contributed by atoms with E-state index in [1.54, 1.807) is 6.92 Å². The fraction of sp³-hybridized carbons (Fsp3) is 0.292. The molecule has 0 spiro atoms. The first-order valence-electron chi connectivity index (χ1n) is 10.6. The van der Waals surface area contributed by atoms with Crippen LogP contribution >= 0.6 is 0 Å². The number of benzene rings is 2. The molecule has 0 bridgehead atoms. The van der Waals surface area contributed by atoms with Gasteiger partial charge in [-0.15, -0.1) is 0 Å². The highest BCUT2D eigenvalue weighted by Gasteiger charge is 2.30. The van der Waals surface area contributed by atoms with Crippen molar-refractivity contribution < 1.29 is 13.2 Å². The van der Waals surface area contributed by atoms with Gasteiger partial charge in [-0.25, -0.2) is 4.79 Å². The summed E-state index contributed by atoms with van der Waals surface area (Å²) in [6, 6.07) is 14.3. The predicted octanol–water partition coefficient (Wildman–Crippen LogP) is 4.00. The first-order valence-corrected chi connectivity index (χ1v) is 10.6. The molecule has 33 heavy (non-hydrogen) atoms. The van der Waals surface area contributed by atoms with Gasteiger partial charge in [0.1, 0.15) is 0 Å². The molecular weight excluding hydrogens is 433 g/mol. The molecule has 2 aromatic carbocycles. The first-order chi connectivity index (χ1) is 15.7. The van der Waals surface area contributed by atoms with Gasteiger partial charge in [0.2, 0.25) is 0 Å². The van der Waals surface area contributed by atoms with Crippen LogP contribution in [0.2, 0.25) is 0 Å². The summed E-state index contributed by atoms with van der Waals surface area (Å²) in [7, 11) is 0. The molecule has 172 valence electrons. The number of nitrogens with zero attached hydrogens (tertiary/aromatic N) is 4. The minimum atomic E-state index is -4.49. The SMILES string of the molecule is CCn1nc(C)c2c1c(=O)n(CCc1ccccc1)c(=O)n2Cc1cccc(C(F)(F)F)c1. The topological polar surface area (TPSA) is 61.8 Å². The van der Waals surface area contributed by atoms with Crippen molar-refractivity contribution in [1.29, 1.82) is 0 Å². The van der Waals surface area contributed by atoms with Gasteiger partial charge in [-0.3, -0.25) is 18.6 Å². The maximum Gasteiger partial charge on any atom is 0.416 e. The van der Waals surface area contributed by atoms with Gasteiger partial charge in [-0.05, 0) is 43.5 Å². The molecule has 0 aliphatic rings. The van der Waals surface area contributed by atoms with E-state index in [1.807, 2.05) is 37.3 Å². The third-order valence-electron chi connectivity index (χ3n) is 5.64. The summed E-state index contributed by atoms with van der Waals surface area (Å²) in [6.45, 7) is 3.97. The lowest BCUT2D eigenvalue weighted by atomic mass is 10.1. The average molecular weight is 456 g/mol. The third-order valence-corrected chi connectivity index (χ3v) is 5.64. The molecule has 0 N–H and O–H groups in total. The summed E-state index contributed by atoms with van der Waals surface area (Å²) < 4.78 is 43.6. The molecule has 6 nitrogen and oxygen atoms in total. The minimum absolute atomic E-state index is 0.110. The van der Waals surface area contributed by atoms with Crippen molar-refractivity contribution in [3.05, 3.63) is 97.8 Å². The number of hydrogen-bond acceptors (Lipinski definition) is 3. The Hall–Kier alpha value is -3.62. The van der Waals surface area contributed by atoms with Gasteiger partial charge in [-0.2, -0.15) is 18.3 Å². The molecule has 0 aliphatic heterocycles. The van der Waals surface area contributed by atoms with Gasteiger partial charge < -0.3 is 0 Å². The van der Waals surface area contributed by atoms with E-state index in [-0.39, 0.29) is 18.6 Å². The molecule has 0 saturated carbocycles. The molecule has 2 aromatic heterocycles. The number of rotatable bonds is 6. The van der Waals surface area contributed by atoms with Crippen LogP contribution < -0.4 is 11.2 Å². The standard InChI is InChI=1S/C24H23F3N4O2/c1-3-31-21-20(16(2)28-31)30(15-18-10-7-11-19(14-18)24(25,26)27)23(33)29(22(21)32)13-12-17-8-5-4-6-9-17/h4-11,14H,3,12-13,15H2,1-2H3. The molecule has 4 rings (SSSR count). The molecule has 4 aromatic rings. The van der Waals surface area contributed by atoms with Crippen molar-refractivity contribution in [3.8, 4) is 0 Å². The Kier molecular flexibility index (Phi) is 5.97. The number of alkyl halides is 3. The van der Waals surface area contributed by atoms with E-state index >= 15 is 0 Å². The minimum Gasteiger partial charge on any atom is -0.285 e. The van der Waals surface area contributed by atoms with Crippen LogP contribution in [0.25, 0.3) is 11.0 Å². The van der Waals surface area contributed by atoms with E-state index in [0.717, 1.165) is 22.3 Å². The Morgan fingerprint density at radius 1 is 0.909 bits per heavy atom. The summed E-state index contributed by atoms with van der Waals surface area (Å²) in [4.78, 5) is 26.7. The quantitative estimate of drug-likeness (QED) is 0.441. The van der Waals surface area contributed by atoms with Crippen molar-refractivity contribution in [2.45, 2.75) is 46.1 Å². The van der Waals surface area contributed by atoms with E-state index in [0.29, 0.717) is 29.7 Å². The molecule has 0 unspecified atom stereocenters. The Labute approximate surface area is 187 Å². The van der Waals surface area contributed by atoms with E-state index in [2.05, 4.69) is 5.10 Å². The maximum absolute atomic E-state index is 13.4. The smallest absolute Gasteiger partial charge is 0.285 e. The van der Waals surface area contributed by atoms with E-state index in [1.165, 1.54) is 21.4 Å². The number of halogens is 3. The number of aryl methyl sites for hydroxylation is 3. The lowest BCUT2D eigenvalue weighted by Gasteiger charge is -2.14. The monoisotopic (exact) mass is 456 g/mol. The van der Waals surface area contributed by atoms with Gasteiger partial charge in [0.15, 0.2) is 5.52 Å². The van der Waals surface area contributed by atoms with Crippen LogP contribution in [0.15, 0.2) is 64.2 Å². The summed E-state index contributed by atoms with van der Waals surface area (Å²) in [6.07, 6.45) is -4.03. The van der Waals surface area contributed by atoms with Gasteiger partial charge in [0, 0.05) is 13.1 Å². The van der Waals surface area contributed by atoms with Crippen molar-refractivity contribution in [1.82, 2.24) is 18.9 Å². The van der Waals surface area contributed by atoms with Crippen LogP contribution in [0.1, 0.15) is 29.3 Å². The molecule has 9 heteroatoms. The molecule has 2 heterocycles. The van der Waals surface area contributed by atoms with Gasteiger partial charge in [-0.1, -0.05) is 42.5 Å². The predicted molar refractivity (Wildman–Crippen MR) is 119 cm³/mol. The van der Waals surface area contributed by atoms with Gasteiger partial charge in [0.25, 0.3) is 5.56 Å². The van der Waals surface area contributed by atoms with E-state index < -0.39 is 23.0 Å². The Bertz CT molecular complexity index is 1420. The van der Waals surface area contributed by atoms with Crippen LogP contribution in [0, 0.1) is 6.92 Å². The first kappa shape index (κ1) is 22.6. The van der Waals surface area contributed by atoms with Crippen LogP contribution in [0.5, 0.6) is 0 Å². The second-order valence-corrected chi connectivity index (χ2v) is 7.86. The summed E-state index contributed by atoms with van der Waals surface area (Å²) in [5, 5.41) is 4.39. The second-order valence-electron chi connectivity index (χ2n) is 7.86. The summed E-state index contributed by atoms with van der Waals surface area (Å²) in [5.41, 5.74) is 0.563. The molecular formula is C24H23F3N4O2. The molecule has 0 atom stereocenters. The van der Waals surface area contributed by atoms with Crippen LogP contribution in [-0.2, 0) is 32.2 Å². The third kappa shape index (κ3) is 4.35. The molecule has 0 fully saturated rings. The van der Waals surface area contributed by atoms with Crippen molar-refractivity contribution in [2.24, 2.45) is 0 Å². The molecule has 0 amide bonds. The zero-order valence-corrected chi connectivity index (χ0v) is 18.3.